The predicted octanol–water partition coefficient (Wildman–Crippen LogP) is 3.53. The Hall–Kier alpha value is -2.05. The van der Waals surface area contributed by atoms with Gasteiger partial charge in [-0.25, -0.2) is 8.42 Å². The highest BCUT2D eigenvalue weighted by Gasteiger charge is 2.30. The van der Waals surface area contributed by atoms with Gasteiger partial charge in [0.2, 0.25) is 5.91 Å². The third-order valence-corrected chi connectivity index (χ3v) is 6.41. The van der Waals surface area contributed by atoms with E-state index in [1.165, 1.54) is 20.1 Å². The summed E-state index contributed by atoms with van der Waals surface area (Å²) in [6, 6.07) is 13.8. The molecular formula is C19H22ClNO4S. The molecule has 1 N–H and O–H groups in total. The van der Waals surface area contributed by atoms with Crippen LogP contribution in [0.2, 0.25) is 5.02 Å². The molecule has 0 saturated carbocycles. The number of carbonyl (C=O) groups excluding carboxylic acids is 1. The number of methoxy groups -OCH3 is 1. The molecule has 0 unspecified atom stereocenters. The van der Waals surface area contributed by atoms with Crippen molar-refractivity contribution in [2.24, 2.45) is 0 Å². The zero-order valence-corrected chi connectivity index (χ0v) is 16.5. The Morgan fingerprint density at radius 1 is 1.15 bits per heavy atom. The van der Waals surface area contributed by atoms with Crippen molar-refractivity contribution >= 4 is 27.3 Å². The number of halogens is 1. The Morgan fingerprint density at radius 3 is 2.42 bits per heavy atom. The second-order valence-electron chi connectivity index (χ2n) is 6.05. The van der Waals surface area contributed by atoms with E-state index in [0.29, 0.717) is 16.3 Å². The minimum Gasteiger partial charge on any atom is -0.496 e. The first kappa shape index (κ1) is 20.3. The number of rotatable bonds is 7. The fraction of sp³-hybridized carbons (Fsp3) is 0.316. The van der Waals surface area contributed by atoms with Gasteiger partial charge in [0.05, 0.1) is 18.9 Å². The standard InChI is InChI=1S/C19H22ClNO4S/c1-13(15-7-5-4-6-8-15)21-19(22)14(2)26(23,24)12-16-11-17(20)9-10-18(16)25-3/h4-11,13-14H,12H2,1-3H3,(H,21,22)/t13-,14-/m1/s1. The number of amides is 1. The first-order valence-electron chi connectivity index (χ1n) is 8.14. The Morgan fingerprint density at radius 2 is 1.81 bits per heavy atom. The second kappa shape index (κ2) is 8.56. The third kappa shape index (κ3) is 4.99. The second-order valence-corrected chi connectivity index (χ2v) is 8.80. The molecule has 2 atom stereocenters. The zero-order valence-electron chi connectivity index (χ0n) is 14.9. The normalized spacial score (nSPS) is 13.7. The molecule has 0 aromatic heterocycles. The third-order valence-electron chi connectivity index (χ3n) is 4.17. The largest absolute Gasteiger partial charge is 0.496 e. The van der Waals surface area contributed by atoms with Crippen LogP contribution in [0.1, 0.15) is 31.0 Å². The van der Waals surface area contributed by atoms with Crippen LogP contribution in [0.5, 0.6) is 5.75 Å². The SMILES string of the molecule is COc1ccc(Cl)cc1CS(=O)(=O)[C@H](C)C(=O)N[C@H](C)c1ccccc1. The Balaban J connectivity index is 2.13. The van der Waals surface area contributed by atoms with Crippen LogP contribution in [0, 0.1) is 0 Å². The van der Waals surface area contributed by atoms with E-state index in [4.69, 9.17) is 16.3 Å². The summed E-state index contributed by atoms with van der Waals surface area (Å²) in [6.45, 7) is 3.20. The lowest BCUT2D eigenvalue weighted by Gasteiger charge is -2.19. The number of sulfone groups is 1. The van der Waals surface area contributed by atoms with E-state index in [1.54, 1.807) is 12.1 Å². The first-order chi connectivity index (χ1) is 12.2. The summed E-state index contributed by atoms with van der Waals surface area (Å²) < 4.78 is 30.5. The molecule has 0 bridgehead atoms. The van der Waals surface area contributed by atoms with Gasteiger partial charge < -0.3 is 10.1 Å². The maximum atomic E-state index is 12.7. The molecular weight excluding hydrogens is 374 g/mol. The lowest BCUT2D eigenvalue weighted by molar-refractivity contribution is -0.121. The zero-order chi connectivity index (χ0) is 19.3. The molecule has 0 aliphatic carbocycles. The molecule has 2 aromatic carbocycles. The number of hydrogen-bond donors (Lipinski definition) is 1. The Bertz CT molecular complexity index is 868. The summed E-state index contributed by atoms with van der Waals surface area (Å²) in [4.78, 5) is 12.4. The molecule has 1 amide bonds. The van der Waals surface area contributed by atoms with E-state index in [-0.39, 0.29) is 11.8 Å². The lowest BCUT2D eigenvalue weighted by Crippen LogP contribution is -2.39. The average Bonchev–Trinajstić information content (AvgIpc) is 2.61. The maximum Gasteiger partial charge on any atom is 0.238 e. The maximum absolute atomic E-state index is 12.7. The Labute approximate surface area is 159 Å². The van der Waals surface area contributed by atoms with Crippen LogP contribution >= 0.6 is 11.6 Å². The van der Waals surface area contributed by atoms with Crippen LogP contribution < -0.4 is 10.1 Å². The molecule has 0 aliphatic heterocycles. The summed E-state index contributed by atoms with van der Waals surface area (Å²) in [7, 11) is -2.29. The summed E-state index contributed by atoms with van der Waals surface area (Å²) in [6.07, 6.45) is 0. The van der Waals surface area contributed by atoms with E-state index in [9.17, 15) is 13.2 Å². The van der Waals surface area contributed by atoms with Gasteiger partial charge in [0.1, 0.15) is 11.0 Å². The summed E-state index contributed by atoms with van der Waals surface area (Å²) in [5.41, 5.74) is 1.33. The van der Waals surface area contributed by atoms with Crippen LogP contribution in [-0.2, 0) is 20.4 Å². The quantitative estimate of drug-likeness (QED) is 0.778. The first-order valence-corrected chi connectivity index (χ1v) is 10.2. The molecule has 0 saturated heterocycles. The van der Waals surface area contributed by atoms with E-state index < -0.39 is 21.0 Å². The van der Waals surface area contributed by atoms with Gasteiger partial charge in [-0.15, -0.1) is 0 Å². The van der Waals surface area contributed by atoms with Gasteiger partial charge in [-0.1, -0.05) is 41.9 Å². The number of hydrogen-bond acceptors (Lipinski definition) is 4. The predicted molar refractivity (Wildman–Crippen MR) is 103 cm³/mol. The monoisotopic (exact) mass is 395 g/mol. The van der Waals surface area contributed by atoms with Crippen molar-refractivity contribution in [2.45, 2.75) is 30.9 Å². The van der Waals surface area contributed by atoms with E-state index in [0.717, 1.165) is 5.56 Å². The number of nitrogens with one attached hydrogen (secondary N) is 1. The van der Waals surface area contributed by atoms with Gasteiger partial charge in [0, 0.05) is 10.6 Å². The van der Waals surface area contributed by atoms with Crippen LogP contribution in [0.15, 0.2) is 48.5 Å². The van der Waals surface area contributed by atoms with Gasteiger partial charge in [0.25, 0.3) is 0 Å². The number of benzene rings is 2. The molecule has 26 heavy (non-hydrogen) atoms. The van der Waals surface area contributed by atoms with Gasteiger partial charge in [-0.2, -0.15) is 0 Å². The molecule has 0 heterocycles. The van der Waals surface area contributed by atoms with Crippen LogP contribution in [0.4, 0.5) is 0 Å². The van der Waals surface area contributed by atoms with Gasteiger partial charge in [-0.3, -0.25) is 4.79 Å². The van der Waals surface area contributed by atoms with Crippen LogP contribution in [-0.4, -0.2) is 26.7 Å². The van der Waals surface area contributed by atoms with E-state index in [2.05, 4.69) is 5.32 Å². The van der Waals surface area contributed by atoms with Crippen molar-refractivity contribution in [3.8, 4) is 5.75 Å². The molecule has 5 nitrogen and oxygen atoms in total. The van der Waals surface area contributed by atoms with E-state index in [1.807, 2.05) is 37.3 Å². The highest BCUT2D eigenvalue weighted by atomic mass is 35.5. The molecule has 0 aliphatic rings. The molecule has 7 heteroatoms. The summed E-state index contributed by atoms with van der Waals surface area (Å²) in [5, 5.41) is 1.96. The highest BCUT2D eigenvalue weighted by molar-refractivity contribution is 7.92. The number of ether oxygens (including phenoxy) is 1. The smallest absolute Gasteiger partial charge is 0.238 e. The fourth-order valence-electron chi connectivity index (χ4n) is 2.52. The number of carbonyl (C=O) groups is 1. The molecule has 0 fully saturated rings. The van der Waals surface area contributed by atoms with Crippen molar-refractivity contribution in [3.63, 3.8) is 0 Å². The molecule has 140 valence electrons. The van der Waals surface area contributed by atoms with Crippen molar-refractivity contribution in [1.82, 2.24) is 5.32 Å². The van der Waals surface area contributed by atoms with Crippen molar-refractivity contribution in [3.05, 3.63) is 64.7 Å². The van der Waals surface area contributed by atoms with Crippen molar-refractivity contribution < 1.29 is 17.9 Å². The van der Waals surface area contributed by atoms with Crippen LogP contribution in [0.25, 0.3) is 0 Å². The molecule has 0 radical (unpaired) electrons. The van der Waals surface area contributed by atoms with Crippen LogP contribution in [0.3, 0.4) is 0 Å². The van der Waals surface area contributed by atoms with Crippen molar-refractivity contribution in [2.75, 3.05) is 7.11 Å². The Kier molecular flexibility index (Phi) is 6.67. The minimum atomic E-state index is -3.74. The van der Waals surface area contributed by atoms with Crippen molar-refractivity contribution in [1.29, 1.82) is 0 Å². The van der Waals surface area contributed by atoms with Gasteiger partial charge in [0.15, 0.2) is 9.84 Å². The lowest BCUT2D eigenvalue weighted by atomic mass is 10.1. The highest BCUT2D eigenvalue weighted by Crippen LogP contribution is 2.26. The summed E-state index contributed by atoms with van der Waals surface area (Å²) >= 11 is 5.95. The molecule has 0 spiro atoms. The molecule has 2 aromatic rings. The topological polar surface area (TPSA) is 72.5 Å². The summed E-state index contributed by atoms with van der Waals surface area (Å²) in [5.74, 6) is -0.448. The van der Waals surface area contributed by atoms with E-state index >= 15 is 0 Å². The molecule has 2 rings (SSSR count). The van der Waals surface area contributed by atoms with Gasteiger partial charge >= 0.3 is 0 Å². The van der Waals surface area contributed by atoms with Gasteiger partial charge in [-0.05, 0) is 37.6 Å². The fourth-order valence-corrected chi connectivity index (χ4v) is 4.02. The minimum absolute atomic E-state index is 0.290. The average molecular weight is 396 g/mol.